The van der Waals surface area contributed by atoms with E-state index in [0.29, 0.717) is 0 Å². The lowest BCUT2D eigenvalue weighted by molar-refractivity contribution is 0.552. The number of nitrogens with zero attached hydrogens (tertiary/aromatic N) is 4. The number of hydrogen-bond acceptors (Lipinski definition) is 3. The van der Waals surface area contributed by atoms with Crippen molar-refractivity contribution < 1.29 is 0 Å². The minimum absolute atomic E-state index is 0.104. The van der Waals surface area contributed by atoms with Crippen molar-refractivity contribution in [1.82, 2.24) is 24.9 Å². The van der Waals surface area contributed by atoms with Gasteiger partial charge in [0.2, 0.25) is 0 Å². The molecule has 5 nitrogen and oxygen atoms in total. The predicted octanol–water partition coefficient (Wildman–Crippen LogP) is 1.16. The Morgan fingerprint density at radius 1 is 1.35 bits per heavy atom. The van der Waals surface area contributed by atoms with Crippen molar-refractivity contribution in [3.63, 3.8) is 0 Å². The van der Waals surface area contributed by atoms with Crippen molar-refractivity contribution in [3.8, 4) is 0 Å². The van der Waals surface area contributed by atoms with Gasteiger partial charge < -0.3 is 5.32 Å². The van der Waals surface area contributed by atoms with Crippen molar-refractivity contribution in [2.24, 2.45) is 14.1 Å². The molecule has 0 amide bonds. The summed E-state index contributed by atoms with van der Waals surface area (Å²) in [6.07, 6.45) is 1.96. The van der Waals surface area contributed by atoms with Gasteiger partial charge in [0.05, 0.1) is 23.1 Å². The molecule has 0 saturated heterocycles. The highest BCUT2D eigenvalue weighted by atomic mass is 15.3. The molecule has 92 valence electrons. The van der Waals surface area contributed by atoms with E-state index >= 15 is 0 Å². The molecule has 1 atom stereocenters. The minimum Gasteiger partial charge on any atom is -0.304 e. The number of aromatic nitrogens is 4. The largest absolute Gasteiger partial charge is 0.304 e. The highest BCUT2D eigenvalue weighted by Crippen LogP contribution is 2.20. The SMILES string of the molecule is CCNC(c1ccn(C)n1)c1cc(C)nn1C. The van der Waals surface area contributed by atoms with Gasteiger partial charge in [-0.2, -0.15) is 10.2 Å². The quantitative estimate of drug-likeness (QED) is 0.862. The van der Waals surface area contributed by atoms with Gasteiger partial charge in [-0.15, -0.1) is 0 Å². The van der Waals surface area contributed by atoms with Crippen LogP contribution in [0.1, 0.15) is 30.0 Å². The van der Waals surface area contributed by atoms with E-state index in [1.807, 2.05) is 42.6 Å². The second kappa shape index (κ2) is 4.71. The Kier molecular flexibility index (Phi) is 3.28. The third-order valence-electron chi connectivity index (χ3n) is 2.77. The molecule has 1 N–H and O–H groups in total. The second-order valence-corrected chi connectivity index (χ2v) is 4.24. The Balaban J connectivity index is 2.38. The summed E-state index contributed by atoms with van der Waals surface area (Å²) in [5.41, 5.74) is 3.20. The van der Waals surface area contributed by atoms with Crippen LogP contribution in [0.3, 0.4) is 0 Å². The first-order chi connectivity index (χ1) is 8.11. The van der Waals surface area contributed by atoms with Crippen LogP contribution in [0.25, 0.3) is 0 Å². The molecule has 17 heavy (non-hydrogen) atoms. The molecule has 0 saturated carbocycles. The van der Waals surface area contributed by atoms with Gasteiger partial charge in [-0.3, -0.25) is 9.36 Å². The summed E-state index contributed by atoms with van der Waals surface area (Å²) in [6, 6.07) is 4.24. The molecule has 0 bridgehead atoms. The summed E-state index contributed by atoms with van der Waals surface area (Å²) >= 11 is 0. The summed E-state index contributed by atoms with van der Waals surface area (Å²) in [5.74, 6) is 0. The lowest BCUT2D eigenvalue weighted by Gasteiger charge is -2.15. The molecular weight excluding hydrogens is 214 g/mol. The lowest BCUT2D eigenvalue weighted by Crippen LogP contribution is -2.24. The van der Waals surface area contributed by atoms with E-state index in [1.54, 1.807) is 0 Å². The first-order valence-electron chi connectivity index (χ1n) is 5.85. The van der Waals surface area contributed by atoms with E-state index in [4.69, 9.17) is 0 Å². The fraction of sp³-hybridized carbons (Fsp3) is 0.500. The molecule has 2 aromatic rings. The fourth-order valence-electron chi connectivity index (χ4n) is 2.05. The van der Waals surface area contributed by atoms with Gasteiger partial charge in [0.1, 0.15) is 0 Å². The zero-order valence-corrected chi connectivity index (χ0v) is 10.8. The molecule has 0 radical (unpaired) electrons. The van der Waals surface area contributed by atoms with Crippen LogP contribution < -0.4 is 5.32 Å². The van der Waals surface area contributed by atoms with Crippen molar-refractivity contribution in [1.29, 1.82) is 0 Å². The van der Waals surface area contributed by atoms with E-state index in [-0.39, 0.29) is 6.04 Å². The van der Waals surface area contributed by atoms with Gasteiger partial charge in [-0.05, 0) is 25.6 Å². The van der Waals surface area contributed by atoms with Gasteiger partial charge in [0.15, 0.2) is 0 Å². The topological polar surface area (TPSA) is 47.7 Å². The zero-order valence-electron chi connectivity index (χ0n) is 10.8. The molecule has 0 aliphatic heterocycles. The molecule has 0 aliphatic carbocycles. The molecule has 0 spiro atoms. The summed E-state index contributed by atoms with van der Waals surface area (Å²) in [7, 11) is 3.90. The standard InChI is InChI=1S/C12H19N5/c1-5-13-12(10-6-7-16(3)15-10)11-8-9(2)14-17(11)4/h6-8,12-13H,5H2,1-4H3. The Morgan fingerprint density at radius 3 is 2.59 bits per heavy atom. The average molecular weight is 233 g/mol. The highest BCUT2D eigenvalue weighted by Gasteiger charge is 2.19. The maximum absolute atomic E-state index is 4.47. The van der Waals surface area contributed by atoms with Gasteiger partial charge in [0, 0.05) is 20.3 Å². The van der Waals surface area contributed by atoms with Crippen LogP contribution in [0.4, 0.5) is 0 Å². The van der Waals surface area contributed by atoms with Crippen LogP contribution in [-0.4, -0.2) is 26.1 Å². The molecule has 2 aromatic heterocycles. The number of hydrogen-bond donors (Lipinski definition) is 1. The minimum atomic E-state index is 0.104. The normalized spacial score (nSPS) is 12.9. The van der Waals surface area contributed by atoms with E-state index in [0.717, 1.165) is 23.6 Å². The summed E-state index contributed by atoms with van der Waals surface area (Å²) in [6.45, 7) is 5.00. The summed E-state index contributed by atoms with van der Waals surface area (Å²) < 4.78 is 3.74. The molecule has 2 heterocycles. The number of aryl methyl sites for hydroxylation is 3. The van der Waals surface area contributed by atoms with Gasteiger partial charge in [-0.1, -0.05) is 6.92 Å². The predicted molar refractivity (Wildman–Crippen MR) is 66.7 cm³/mol. The summed E-state index contributed by atoms with van der Waals surface area (Å²) in [4.78, 5) is 0. The van der Waals surface area contributed by atoms with Gasteiger partial charge in [0.25, 0.3) is 0 Å². The molecule has 5 heteroatoms. The third-order valence-corrected chi connectivity index (χ3v) is 2.77. The van der Waals surface area contributed by atoms with Crippen LogP contribution in [0.15, 0.2) is 18.3 Å². The zero-order chi connectivity index (χ0) is 12.4. The first kappa shape index (κ1) is 11.9. The lowest BCUT2D eigenvalue weighted by atomic mass is 10.1. The van der Waals surface area contributed by atoms with Crippen molar-refractivity contribution >= 4 is 0 Å². The van der Waals surface area contributed by atoms with Crippen molar-refractivity contribution in [3.05, 3.63) is 35.4 Å². The summed E-state index contributed by atoms with van der Waals surface area (Å²) in [5, 5.41) is 12.3. The smallest absolute Gasteiger partial charge is 0.0940 e. The Morgan fingerprint density at radius 2 is 2.12 bits per heavy atom. The average Bonchev–Trinajstić information content (AvgIpc) is 2.82. The van der Waals surface area contributed by atoms with Gasteiger partial charge in [-0.25, -0.2) is 0 Å². The van der Waals surface area contributed by atoms with Crippen molar-refractivity contribution in [2.45, 2.75) is 19.9 Å². The van der Waals surface area contributed by atoms with E-state index < -0.39 is 0 Å². The third kappa shape index (κ3) is 2.39. The number of nitrogens with one attached hydrogen (secondary N) is 1. The second-order valence-electron chi connectivity index (χ2n) is 4.24. The highest BCUT2D eigenvalue weighted by molar-refractivity contribution is 5.23. The van der Waals surface area contributed by atoms with E-state index in [1.165, 1.54) is 0 Å². The Hall–Kier alpha value is -1.62. The Labute approximate surface area is 101 Å². The first-order valence-corrected chi connectivity index (χ1v) is 5.85. The van der Waals surface area contributed by atoms with E-state index in [9.17, 15) is 0 Å². The van der Waals surface area contributed by atoms with Crippen molar-refractivity contribution in [2.75, 3.05) is 6.54 Å². The Bertz CT molecular complexity index is 497. The van der Waals surface area contributed by atoms with E-state index in [2.05, 4.69) is 28.5 Å². The molecule has 0 aliphatic rings. The molecular formula is C12H19N5. The van der Waals surface area contributed by atoms with Crippen LogP contribution in [0.5, 0.6) is 0 Å². The maximum atomic E-state index is 4.47. The van der Waals surface area contributed by atoms with Crippen LogP contribution in [-0.2, 0) is 14.1 Å². The molecule has 2 rings (SSSR count). The van der Waals surface area contributed by atoms with Gasteiger partial charge >= 0.3 is 0 Å². The molecule has 1 unspecified atom stereocenters. The molecule has 0 aromatic carbocycles. The van der Waals surface area contributed by atoms with Crippen LogP contribution >= 0.6 is 0 Å². The monoisotopic (exact) mass is 233 g/mol. The maximum Gasteiger partial charge on any atom is 0.0940 e. The molecule has 0 fully saturated rings. The van der Waals surface area contributed by atoms with Crippen LogP contribution in [0, 0.1) is 6.92 Å². The van der Waals surface area contributed by atoms with Crippen LogP contribution in [0.2, 0.25) is 0 Å². The fourth-order valence-corrected chi connectivity index (χ4v) is 2.05. The number of rotatable bonds is 4.